The van der Waals surface area contributed by atoms with Crippen LogP contribution in [0.2, 0.25) is 0 Å². The van der Waals surface area contributed by atoms with Crippen LogP contribution in [-0.4, -0.2) is 47.7 Å². The Kier molecular flexibility index (Phi) is 8.69. The average molecular weight is 555 g/mol. The van der Waals surface area contributed by atoms with Crippen molar-refractivity contribution in [2.45, 2.75) is 33.2 Å². The van der Waals surface area contributed by atoms with E-state index in [0.717, 1.165) is 59.3 Å². The highest BCUT2D eigenvalue weighted by Gasteiger charge is 2.22. The molecule has 0 bridgehead atoms. The molecule has 1 fully saturated rings. The molecule has 3 N–H and O–H groups in total. The number of piperidine rings is 1. The Morgan fingerprint density at radius 2 is 1.80 bits per heavy atom. The third-order valence-electron chi connectivity index (χ3n) is 7.52. The number of likely N-dealkylation sites (tertiary alicyclic amines) is 1. The van der Waals surface area contributed by atoms with Crippen LogP contribution in [0.3, 0.4) is 0 Å². The zero-order valence-electron chi connectivity index (χ0n) is 22.8. The number of aryl methyl sites for hydroxylation is 2. The fraction of sp³-hybridized carbons (Fsp3) is 0.281. The van der Waals surface area contributed by atoms with Crippen molar-refractivity contribution in [3.05, 3.63) is 100 Å². The SMILES string of the molecule is Cc1ccc(/C=N/NC(=O)c2c(NC(=O)c3cccc(CN4CCC(CO)CC4)c3)sc3ccccc23)cc1C. The topological polar surface area (TPSA) is 94.0 Å². The van der Waals surface area contributed by atoms with Crippen LogP contribution < -0.4 is 10.7 Å². The molecule has 206 valence electrons. The van der Waals surface area contributed by atoms with Gasteiger partial charge in [-0.2, -0.15) is 5.10 Å². The number of hydrogen-bond donors (Lipinski definition) is 3. The summed E-state index contributed by atoms with van der Waals surface area (Å²) in [7, 11) is 0. The summed E-state index contributed by atoms with van der Waals surface area (Å²) < 4.78 is 0.904. The zero-order chi connectivity index (χ0) is 28.1. The Morgan fingerprint density at radius 3 is 2.58 bits per heavy atom. The molecule has 8 heteroatoms. The smallest absolute Gasteiger partial charge is 0.275 e. The molecular weight excluding hydrogens is 520 g/mol. The van der Waals surface area contributed by atoms with Gasteiger partial charge in [0, 0.05) is 28.8 Å². The molecule has 0 unspecified atom stereocenters. The van der Waals surface area contributed by atoms with Gasteiger partial charge in [-0.3, -0.25) is 14.5 Å². The van der Waals surface area contributed by atoms with Gasteiger partial charge < -0.3 is 10.4 Å². The maximum atomic E-state index is 13.3. The number of benzene rings is 3. The summed E-state index contributed by atoms with van der Waals surface area (Å²) in [6, 6.07) is 21.2. The minimum absolute atomic E-state index is 0.250. The summed E-state index contributed by atoms with van der Waals surface area (Å²) in [5, 5.41) is 17.8. The lowest BCUT2D eigenvalue weighted by Gasteiger charge is -2.31. The van der Waals surface area contributed by atoms with E-state index in [0.29, 0.717) is 22.0 Å². The minimum Gasteiger partial charge on any atom is -0.396 e. The highest BCUT2D eigenvalue weighted by molar-refractivity contribution is 7.23. The molecule has 1 aromatic heterocycles. The molecule has 0 spiro atoms. The Balaban J connectivity index is 1.31. The van der Waals surface area contributed by atoms with Crippen LogP contribution in [0.25, 0.3) is 10.1 Å². The van der Waals surface area contributed by atoms with Crippen molar-refractivity contribution in [2.75, 3.05) is 25.0 Å². The first-order valence-electron chi connectivity index (χ1n) is 13.6. The van der Waals surface area contributed by atoms with Crippen LogP contribution in [0.4, 0.5) is 5.00 Å². The second-order valence-corrected chi connectivity index (χ2v) is 11.5. The molecule has 40 heavy (non-hydrogen) atoms. The van der Waals surface area contributed by atoms with E-state index in [4.69, 9.17) is 0 Å². The zero-order valence-corrected chi connectivity index (χ0v) is 23.6. The van der Waals surface area contributed by atoms with Gasteiger partial charge in [0.05, 0.1) is 11.8 Å². The molecular formula is C32H34N4O3S. The molecule has 3 aromatic carbocycles. The lowest BCUT2D eigenvalue weighted by molar-refractivity contribution is 0.0958. The number of carbonyl (C=O) groups excluding carboxylic acids is 2. The predicted octanol–water partition coefficient (Wildman–Crippen LogP) is 5.74. The number of hydrazone groups is 1. The normalized spacial score (nSPS) is 14.6. The van der Waals surface area contributed by atoms with E-state index in [-0.39, 0.29) is 18.4 Å². The van der Waals surface area contributed by atoms with Gasteiger partial charge in [0.1, 0.15) is 5.00 Å². The fourth-order valence-electron chi connectivity index (χ4n) is 5.00. The number of amides is 2. The number of carbonyl (C=O) groups is 2. The summed E-state index contributed by atoms with van der Waals surface area (Å²) in [5.74, 6) is -0.258. The van der Waals surface area contributed by atoms with Crippen LogP contribution >= 0.6 is 11.3 Å². The average Bonchev–Trinajstić information content (AvgIpc) is 3.33. The van der Waals surface area contributed by atoms with Gasteiger partial charge in [-0.05, 0) is 86.1 Å². The third kappa shape index (κ3) is 6.47. The number of rotatable bonds is 8. The van der Waals surface area contributed by atoms with Gasteiger partial charge in [-0.25, -0.2) is 5.43 Å². The monoisotopic (exact) mass is 554 g/mol. The Morgan fingerprint density at radius 1 is 1.00 bits per heavy atom. The Hall–Kier alpha value is -3.85. The van der Waals surface area contributed by atoms with Gasteiger partial charge >= 0.3 is 0 Å². The van der Waals surface area contributed by atoms with Crippen molar-refractivity contribution in [3.8, 4) is 0 Å². The number of aliphatic hydroxyl groups excluding tert-OH is 1. The fourth-order valence-corrected chi connectivity index (χ4v) is 6.09. The molecule has 1 aliphatic rings. The first-order chi connectivity index (χ1) is 19.4. The predicted molar refractivity (Wildman–Crippen MR) is 162 cm³/mol. The standard InChI is InChI=1S/C32H34N4O3S/c1-21-10-11-24(16-22(21)2)18-33-35-31(39)29-27-8-3-4-9-28(27)40-32(29)34-30(38)26-7-5-6-25(17-26)19-36-14-12-23(20-37)13-15-36/h3-11,16-18,23,37H,12-15,19-20H2,1-2H3,(H,34,38)(H,35,39)/b33-18+. The van der Waals surface area contributed by atoms with Crippen molar-refractivity contribution in [1.82, 2.24) is 10.3 Å². The van der Waals surface area contributed by atoms with Crippen LogP contribution in [-0.2, 0) is 6.54 Å². The molecule has 0 aliphatic carbocycles. The van der Waals surface area contributed by atoms with Crippen LogP contribution in [0.15, 0.2) is 71.8 Å². The molecule has 0 saturated carbocycles. The maximum absolute atomic E-state index is 13.3. The van der Waals surface area contributed by atoms with Gasteiger partial charge in [-0.15, -0.1) is 11.3 Å². The second kappa shape index (κ2) is 12.6. The van der Waals surface area contributed by atoms with E-state index < -0.39 is 0 Å². The van der Waals surface area contributed by atoms with E-state index in [9.17, 15) is 14.7 Å². The van der Waals surface area contributed by atoms with E-state index in [1.54, 1.807) is 12.3 Å². The molecule has 2 amide bonds. The molecule has 0 radical (unpaired) electrons. The van der Waals surface area contributed by atoms with Crippen LogP contribution in [0.5, 0.6) is 0 Å². The largest absolute Gasteiger partial charge is 0.396 e. The summed E-state index contributed by atoms with van der Waals surface area (Å²) in [4.78, 5) is 29.0. The molecule has 1 saturated heterocycles. The number of nitrogens with one attached hydrogen (secondary N) is 2. The van der Waals surface area contributed by atoms with Crippen molar-refractivity contribution < 1.29 is 14.7 Å². The van der Waals surface area contributed by atoms with E-state index in [1.165, 1.54) is 16.9 Å². The Labute approximate surface area is 238 Å². The van der Waals surface area contributed by atoms with Gasteiger partial charge in [0.25, 0.3) is 11.8 Å². The number of nitrogens with zero attached hydrogens (tertiary/aromatic N) is 2. The van der Waals surface area contributed by atoms with Gasteiger partial charge in [-0.1, -0.05) is 48.5 Å². The Bertz CT molecular complexity index is 1550. The van der Waals surface area contributed by atoms with Crippen molar-refractivity contribution in [1.29, 1.82) is 0 Å². The van der Waals surface area contributed by atoms with Gasteiger partial charge in [0.2, 0.25) is 0 Å². The highest BCUT2D eigenvalue weighted by Crippen LogP contribution is 2.36. The number of anilines is 1. The highest BCUT2D eigenvalue weighted by atomic mass is 32.1. The lowest BCUT2D eigenvalue weighted by Crippen LogP contribution is -2.34. The summed E-state index contributed by atoms with van der Waals surface area (Å²) in [6.45, 7) is 6.97. The molecule has 5 rings (SSSR count). The van der Waals surface area contributed by atoms with E-state index in [1.807, 2.05) is 74.5 Å². The summed E-state index contributed by atoms with van der Waals surface area (Å²) >= 11 is 1.37. The maximum Gasteiger partial charge on any atom is 0.275 e. The molecule has 1 aliphatic heterocycles. The van der Waals surface area contributed by atoms with E-state index in [2.05, 4.69) is 20.7 Å². The van der Waals surface area contributed by atoms with Gasteiger partial charge in [0.15, 0.2) is 0 Å². The summed E-state index contributed by atoms with van der Waals surface area (Å²) in [5.41, 5.74) is 7.88. The van der Waals surface area contributed by atoms with Crippen molar-refractivity contribution >= 4 is 44.5 Å². The first kappa shape index (κ1) is 27.7. The molecule has 0 atom stereocenters. The molecule has 7 nitrogen and oxygen atoms in total. The number of hydrogen-bond acceptors (Lipinski definition) is 6. The lowest BCUT2D eigenvalue weighted by atomic mass is 9.97. The minimum atomic E-state index is -0.382. The number of fused-ring (bicyclic) bond motifs is 1. The number of aliphatic hydroxyl groups is 1. The summed E-state index contributed by atoms with van der Waals surface area (Å²) in [6.07, 6.45) is 3.60. The van der Waals surface area contributed by atoms with Crippen molar-refractivity contribution in [2.24, 2.45) is 11.0 Å². The quantitative estimate of drug-likeness (QED) is 0.191. The van der Waals surface area contributed by atoms with Crippen LogP contribution in [0, 0.1) is 19.8 Å². The third-order valence-corrected chi connectivity index (χ3v) is 8.61. The number of thiophene rings is 1. The molecule has 2 heterocycles. The molecule has 4 aromatic rings. The van der Waals surface area contributed by atoms with Crippen LogP contribution in [0.1, 0.15) is 55.8 Å². The second-order valence-electron chi connectivity index (χ2n) is 10.4. The van der Waals surface area contributed by atoms with Crippen molar-refractivity contribution in [3.63, 3.8) is 0 Å². The van der Waals surface area contributed by atoms with E-state index >= 15 is 0 Å². The first-order valence-corrected chi connectivity index (χ1v) is 14.4.